The zero-order valence-electron chi connectivity index (χ0n) is 22.2. The molecule has 0 aliphatic carbocycles. The number of likely N-dealkylation sites (tertiary alicyclic amines) is 1. The molecule has 0 aromatic carbocycles. The third-order valence-corrected chi connectivity index (χ3v) is 10.2. The second kappa shape index (κ2) is 10.3. The van der Waals surface area contributed by atoms with Gasteiger partial charge in [0.05, 0.1) is 29.2 Å². The van der Waals surface area contributed by atoms with Gasteiger partial charge in [-0.2, -0.15) is 0 Å². The Morgan fingerprint density at radius 2 is 1.89 bits per heavy atom. The van der Waals surface area contributed by atoms with Crippen LogP contribution in [0.4, 0.5) is 0 Å². The van der Waals surface area contributed by atoms with Crippen LogP contribution in [0.3, 0.4) is 0 Å². The van der Waals surface area contributed by atoms with Crippen molar-refractivity contribution in [3.63, 3.8) is 0 Å². The molecule has 3 heterocycles. The summed E-state index contributed by atoms with van der Waals surface area (Å²) in [5.74, 6) is -1.35. The first-order valence-electron chi connectivity index (χ1n) is 12.8. The summed E-state index contributed by atoms with van der Waals surface area (Å²) in [4.78, 5) is 47.3. The maximum Gasteiger partial charge on any atom is 0.247 e. The normalized spacial score (nSPS) is 31.2. The zero-order chi connectivity index (χ0) is 26.3. The Hall–Kier alpha value is -1.80. The number of nitrogens with zero attached hydrogens (tertiary/aromatic N) is 3. The third kappa shape index (κ3) is 4.45. The predicted octanol–water partition coefficient (Wildman–Crippen LogP) is 2.94. The maximum atomic E-state index is 14.4. The van der Waals surface area contributed by atoms with Gasteiger partial charge >= 0.3 is 0 Å². The lowest BCUT2D eigenvalue weighted by Gasteiger charge is -2.44. The van der Waals surface area contributed by atoms with E-state index in [9.17, 15) is 19.5 Å². The van der Waals surface area contributed by atoms with Crippen LogP contribution in [0.25, 0.3) is 0 Å². The number of thioether (sulfide) groups is 1. The number of rotatable bonds is 10. The molecule has 3 aliphatic rings. The Labute approximate surface area is 215 Å². The van der Waals surface area contributed by atoms with E-state index in [0.717, 1.165) is 12.8 Å². The van der Waals surface area contributed by atoms with Crippen LogP contribution in [-0.4, -0.2) is 91.9 Å². The Balaban J connectivity index is 2.15. The maximum absolute atomic E-state index is 14.4. The molecule has 3 amide bonds. The average Bonchev–Trinajstić information content (AvgIpc) is 3.44. The molecule has 35 heavy (non-hydrogen) atoms. The number of hydrogen-bond donors (Lipinski definition) is 1. The van der Waals surface area contributed by atoms with E-state index in [0.29, 0.717) is 19.5 Å². The highest BCUT2D eigenvalue weighted by atomic mass is 32.2. The van der Waals surface area contributed by atoms with E-state index in [1.54, 1.807) is 45.7 Å². The van der Waals surface area contributed by atoms with Crippen LogP contribution in [0, 0.1) is 17.8 Å². The molecule has 3 fully saturated rings. The van der Waals surface area contributed by atoms with Crippen molar-refractivity contribution >= 4 is 29.5 Å². The van der Waals surface area contributed by atoms with Crippen molar-refractivity contribution in [1.29, 1.82) is 0 Å². The minimum absolute atomic E-state index is 0.0109. The minimum atomic E-state index is -0.720. The summed E-state index contributed by atoms with van der Waals surface area (Å²) in [5.41, 5.74) is -0.472. The van der Waals surface area contributed by atoms with Crippen LogP contribution in [-0.2, 0) is 14.4 Å². The molecule has 0 saturated carbocycles. The Morgan fingerprint density at radius 3 is 2.40 bits per heavy atom. The number of aliphatic hydroxyl groups is 1. The number of likely N-dealkylation sites (N-methyl/N-ethyl adjacent to an activating group) is 1. The van der Waals surface area contributed by atoms with Gasteiger partial charge in [0.15, 0.2) is 0 Å². The summed E-state index contributed by atoms with van der Waals surface area (Å²) >= 11 is 1.67. The molecule has 0 aromatic rings. The SMILES string of the molecule is C=CCN(C)C(=O)[C@@H]1[C@@H]2CCC3(S2)C(C(=O)N(CC=C)C(C)(C)C)N([C@@H](CO)[C@@H](C)CC)C(=O)[C@H]13. The molecule has 3 saturated heterocycles. The molecule has 0 aromatic heterocycles. The molecule has 7 atom stereocenters. The van der Waals surface area contributed by atoms with Gasteiger partial charge in [0, 0.05) is 30.9 Å². The summed E-state index contributed by atoms with van der Waals surface area (Å²) in [7, 11) is 1.74. The average molecular weight is 506 g/mol. The molecular formula is C27H43N3O4S. The van der Waals surface area contributed by atoms with Crippen molar-refractivity contribution in [2.75, 3.05) is 26.7 Å². The van der Waals surface area contributed by atoms with Gasteiger partial charge in [-0.3, -0.25) is 14.4 Å². The first-order valence-corrected chi connectivity index (χ1v) is 13.7. The van der Waals surface area contributed by atoms with E-state index < -0.39 is 34.2 Å². The predicted molar refractivity (Wildman–Crippen MR) is 141 cm³/mol. The molecule has 2 bridgehead atoms. The standard InChI is InChI=1S/C27H43N3O4S/c1-9-14-28(8)23(32)20-19-12-13-27(35-19)21(20)24(33)30(18(16-31)17(4)11-3)22(27)25(34)29(15-10-2)26(5,6)7/h9-10,17-22,31H,1-2,11-16H2,3-8H3/t17-,18-,19-,20+,21-,22?,27?/m0/s1. The lowest BCUT2D eigenvalue weighted by molar-refractivity contribution is -0.149. The summed E-state index contributed by atoms with van der Waals surface area (Å²) < 4.78 is -0.667. The molecule has 3 aliphatic heterocycles. The highest BCUT2D eigenvalue weighted by Gasteiger charge is 2.74. The van der Waals surface area contributed by atoms with Crippen LogP contribution >= 0.6 is 11.8 Å². The lowest BCUT2D eigenvalue weighted by Crippen LogP contribution is -2.61. The summed E-state index contributed by atoms with van der Waals surface area (Å²) in [6.45, 7) is 18.2. The molecule has 2 unspecified atom stereocenters. The molecule has 0 radical (unpaired) electrons. The fraction of sp³-hybridized carbons (Fsp3) is 0.741. The quantitative estimate of drug-likeness (QED) is 0.462. The highest BCUT2D eigenvalue weighted by Crippen LogP contribution is 2.67. The van der Waals surface area contributed by atoms with Gasteiger partial charge in [0.1, 0.15) is 6.04 Å². The lowest BCUT2D eigenvalue weighted by atomic mass is 9.70. The second-order valence-electron chi connectivity index (χ2n) is 11.4. The van der Waals surface area contributed by atoms with Crippen molar-refractivity contribution in [3.8, 4) is 0 Å². The highest BCUT2D eigenvalue weighted by molar-refractivity contribution is 8.02. The van der Waals surface area contributed by atoms with E-state index in [1.807, 2.05) is 34.6 Å². The monoisotopic (exact) mass is 505 g/mol. The Kier molecular flexibility index (Phi) is 8.17. The zero-order valence-corrected chi connectivity index (χ0v) is 23.0. The van der Waals surface area contributed by atoms with Crippen LogP contribution < -0.4 is 0 Å². The van der Waals surface area contributed by atoms with Crippen molar-refractivity contribution in [1.82, 2.24) is 14.7 Å². The number of carbonyl (C=O) groups excluding carboxylic acids is 3. The van der Waals surface area contributed by atoms with E-state index in [-0.39, 0.29) is 35.5 Å². The Morgan fingerprint density at radius 1 is 1.26 bits per heavy atom. The third-order valence-electron chi connectivity index (χ3n) is 8.27. The van der Waals surface area contributed by atoms with Crippen molar-refractivity contribution in [2.24, 2.45) is 17.8 Å². The molecular weight excluding hydrogens is 462 g/mol. The van der Waals surface area contributed by atoms with Crippen LogP contribution in [0.5, 0.6) is 0 Å². The smallest absolute Gasteiger partial charge is 0.247 e. The van der Waals surface area contributed by atoms with Crippen LogP contribution in [0.2, 0.25) is 0 Å². The molecule has 196 valence electrons. The van der Waals surface area contributed by atoms with Gasteiger partial charge in [0.25, 0.3) is 0 Å². The fourth-order valence-electron chi connectivity index (χ4n) is 6.33. The van der Waals surface area contributed by atoms with E-state index >= 15 is 0 Å². The van der Waals surface area contributed by atoms with Crippen molar-refractivity contribution in [2.45, 2.75) is 81.5 Å². The molecule has 1 spiro atoms. The molecule has 7 nitrogen and oxygen atoms in total. The molecule has 3 rings (SSSR count). The first kappa shape index (κ1) is 27.8. The van der Waals surface area contributed by atoms with Gasteiger partial charge in [-0.1, -0.05) is 32.4 Å². The second-order valence-corrected chi connectivity index (χ2v) is 13.0. The number of aliphatic hydroxyl groups excluding tert-OH is 1. The van der Waals surface area contributed by atoms with Gasteiger partial charge < -0.3 is 19.8 Å². The first-order chi connectivity index (χ1) is 16.4. The summed E-state index contributed by atoms with van der Waals surface area (Å²) in [6, 6.07) is -1.20. The van der Waals surface area contributed by atoms with Gasteiger partial charge in [-0.05, 0) is 39.5 Å². The van der Waals surface area contributed by atoms with E-state index in [4.69, 9.17) is 0 Å². The van der Waals surface area contributed by atoms with E-state index in [2.05, 4.69) is 13.2 Å². The molecule has 1 N–H and O–H groups in total. The van der Waals surface area contributed by atoms with Gasteiger partial charge in [0.2, 0.25) is 17.7 Å². The number of carbonyl (C=O) groups is 3. The molecule has 8 heteroatoms. The van der Waals surface area contributed by atoms with Crippen molar-refractivity contribution < 1.29 is 19.5 Å². The summed E-state index contributed by atoms with van der Waals surface area (Å²) in [6.07, 6.45) is 5.68. The fourth-order valence-corrected chi connectivity index (χ4v) is 8.53. The number of amides is 3. The minimum Gasteiger partial charge on any atom is -0.394 e. The van der Waals surface area contributed by atoms with Crippen molar-refractivity contribution in [3.05, 3.63) is 25.3 Å². The number of fused-ring (bicyclic) bond motifs is 1. The van der Waals surface area contributed by atoms with Gasteiger partial charge in [-0.25, -0.2) is 0 Å². The Bertz CT molecular complexity index is 871. The van der Waals surface area contributed by atoms with Crippen LogP contribution in [0.1, 0.15) is 53.9 Å². The largest absolute Gasteiger partial charge is 0.394 e. The number of hydrogen-bond acceptors (Lipinski definition) is 5. The summed E-state index contributed by atoms with van der Waals surface area (Å²) in [5, 5.41) is 10.5. The van der Waals surface area contributed by atoms with Gasteiger partial charge in [-0.15, -0.1) is 24.9 Å². The topological polar surface area (TPSA) is 81.2 Å². The van der Waals surface area contributed by atoms with Crippen LogP contribution in [0.15, 0.2) is 25.3 Å². The van der Waals surface area contributed by atoms with E-state index in [1.165, 1.54) is 0 Å².